The fourth-order valence-electron chi connectivity index (χ4n) is 1.28. The van der Waals surface area contributed by atoms with Gasteiger partial charge in [-0.3, -0.25) is 0 Å². The summed E-state index contributed by atoms with van der Waals surface area (Å²) in [6.45, 7) is 12.7. The summed E-state index contributed by atoms with van der Waals surface area (Å²) in [5.41, 5.74) is 2.47. The summed E-state index contributed by atoms with van der Waals surface area (Å²) < 4.78 is 0. The van der Waals surface area contributed by atoms with E-state index in [9.17, 15) is 0 Å². The molecule has 1 aliphatic heterocycles. The van der Waals surface area contributed by atoms with E-state index in [1.54, 1.807) is 0 Å². The lowest BCUT2D eigenvalue weighted by molar-refractivity contribution is 0.261. The van der Waals surface area contributed by atoms with Gasteiger partial charge in [-0.2, -0.15) is 0 Å². The van der Waals surface area contributed by atoms with E-state index in [0.717, 1.165) is 5.70 Å². The molecule has 1 heteroatoms. The maximum Gasteiger partial charge on any atom is 0.0367 e. The van der Waals surface area contributed by atoms with Gasteiger partial charge in [-0.1, -0.05) is 12.7 Å². The Kier molecular flexibility index (Phi) is 2.14. The summed E-state index contributed by atoms with van der Waals surface area (Å²) in [6, 6.07) is 0. The Labute approximate surface area is 75.1 Å². The van der Waals surface area contributed by atoms with Crippen molar-refractivity contribution in [1.29, 1.82) is 0 Å². The third kappa shape index (κ3) is 1.60. The highest BCUT2D eigenvalue weighted by Gasteiger charge is 2.22. The van der Waals surface area contributed by atoms with Crippen LogP contribution in [-0.4, -0.2) is 10.4 Å². The van der Waals surface area contributed by atoms with Crippen molar-refractivity contribution < 1.29 is 0 Å². The van der Waals surface area contributed by atoms with E-state index in [-0.39, 0.29) is 5.54 Å². The highest BCUT2D eigenvalue weighted by Crippen LogP contribution is 2.26. The number of rotatable bonds is 0. The van der Waals surface area contributed by atoms with Crippen molar-refractivity contribution in [1.82, 2.24) is 4.90 Å². The molecule has 1 aliphatic rings. The maximum absolute atomic E-state index is 4.05. The molecular formula is C11H17N. The summed E-state index contributed by atoms with van der Waals surface area (Å²) >= 11 is 0. The minimum absolute atomic E-state index is 0.128. The van der Waals surface area contributed by atoms with Gasteiger partial charge in [-0.25, -0.2) is 0 Å². The Morgan fingerprint density at radius 3 is 2.33 bits per heavy atom. The van der Waals surface area contributed by atoms with Crippen LogP contribution in [0.4, 0.5) is 0 Å². The SMILES string of the molecule is C=C1C(C)=CC=CN1C(C)(C)C. The second-order valence-electron chi connectivity index (χ2n) is 4.18. The topological polar surface area (TPSA) is 3.24 Å². The van der Waals surface area contributed by atoms with Crippen LogP contribution in [0.3, 0.4) is 0 Å². The third-order valence-electron chi connectivity index (χ3n) is 2.05. The number of hydrogen-bond acceptors (Lipinski definition) is 1. The van der Waals surface area contributed by atoms with Crippen molar-refractivity contribution in [2.75, 3.05) is 0 Å². The van der Waals surface area contributed by atoms with E-state index < -0.39 is 0 Å². The number of hydrogen-bond donors (Lipinski definition) is 0. The smallest absolute Gasteiger partial charge is 0.0367 e. The summed E-state index contributed by atoms with van der Waals surface area (Å²) in [5, 5.41) is 0. The molecular weight excluding hydrogens is 146 g/mol. The molecule has 0 N–H and O–H groups in total. The van der Waals surface area contributed by atoms with Crippen molar-refractivity contribution in [2.24, 2.45) is 0 Å². The molecule has 0 unspecified atom stereocenters. The van der Waals surface area contributed by atoms with Crippen LogP contribution in [0.5, 0.6) is 0 Å². The van der Waals surface area contributed by atoms with E-state index in [1.165, 1.54) is 5.57 Å². The first-order valence-corrected chi connectivity index (χ1v) is 4.26. The Balaban J connectivity index is 2.92. The van der Waals surface area contributed by atoms with Gasteiger partial charge in [0.05, 0.1) is 0 Å². The van der Waals surface area contributed by atoms with Gasteiger partial charge in [0.15, 0.2) is 0 Å². The quantitative estimate of drug-likeness (QED) is 0.530. The largest absolute Gasteiger partial charge is 0.343 e. The van der Waals surface area contributed by atoms with Gasteiger partial charge in [0.25, 0.3) is 0 Å². The van der Waals surface area contributed by atoms with E-state index >= 15 is 0 Å². The predicted octanol–water partition coefficient (Wildman–Crippen LogP) is 3.07. The molecule has 1 rings (SSSR count). The molecule has 0 aromatic heterocycles. The monoisotopic (exact) mass is 163 g/mol. The lowest BCUT2D eigenvalue weighted by Gasteiger charge is -2.37. The standard InChI is InChI=1S/C11H17N/c1-9-7-6-8-12(10(9)2)11(3,4)5/h6-8H,2H2,1,3-5H3. The lowest BCUT2D eigenvalue weighted by atomic mass is 10.0. The van der Waals surface area contributed by atoms with Gasteiger partial charge in [0, 0.05) is 17.4 Å². The second kappa shape index (κ2) is 2.81. The van der Waals surface area contributed by atoms with Crippen molar-refractivity contribution in [2.45, 2.75) is 33.2 Å². The van der Waals surface area contributed by atoms with Gasteiger partial charge in [-0.15, -0.1) is 0 Å². The molecule has 0 radical (unpaired) electrons. The summed E-state index contributed by atoms with van der Waals surface area (Å²) in [5.74, 6) is 0. The minimum atomic E-state index is 0.128. The molecule has 0 aromatic carbocycles. The fourth-order valence-corrected chi connectivity index (χ4v) is 1.28. The molecule has 12 heavy (non-hydrogen) atoms. The predicted molar refractivity (Wildman–Crippen MR) is 53.6 cm³/mol. The van der Waals surface area contributed by atoms with Crippen molar-refractivity contribution in [3.8, 4) is 0 Å². The molecule has 66 valence electrons. The molecule has 0 aliphatic carbocycles. The minimum Gasteiger partial charge on any atom is -0.343 e. The van der Waals surface area contributed by atoms with Crippen LogP contribution in [0.2, 0.25) is 0 Å². The third-order valence-corrected chi connectivity index (χ3v) is 2.05. The molecule has 0 spiro atoms. The zero-order valence-electron chi connectivity index (χ0n) is 8.39. The molecule has 0 fully saturated rings. The van der Waals surface area contributed by atoms with Crippen LogP contribution in [0, 0.1) is 0 Å². The molecule has 0 atom stereocenters. The zero-order valence-corrected chi connectivity index (χ0v) is 8.39. The van der Waals surface area contributed by atoms with Crippen LogP contribution in [0.15, 0.2) is 36.2 Å². The Morgan fingerprint density at radius 2 is 1.92 bits per heavy atom. The van der Waals surface area contributed by atoms with Gasteiger partial charge >= 0.3 is 0 Å². The first-order valence-electron chi connectivity index (χ1n) is 4.26. The van der Waals surface area contributed by atoms with E-state index in [2.05, 4.69) is 57.5 Å². The molecule has 0 saturated heterocycles. The summed E-state index contributed by atoms with van der Waals surface area (Å²) in [4.78, 5) is 2.20. The highest BCUT2D eigenvalue weighted by atomic mass is 15.2. The molecule has 1 heterocycles. The second-order valence-corrected chi connectivity index (χ2v) is 4.18. The zero-order chi connectivity index (χ0) is 9.35. The van der Waals surface area contributed by atoms with Crippen LogP contribution in [0.1, 0.15) is 27.7 Å². The van der Waals surface area contributed by atoms with Crippen molar-refractivity contribution in [3.63, 3.8) is 0 Å². The van der Waals surface area contributed by atoms with Gasteiger partial charge in [-0.05, 0) is 39.3 Å². The number of allylic oxidation sites excluding steroid dienone is 3. The first-order chi connectivity index (χ1) is 5.43. The Bertz CT molecular complexity index is 251. The average molecular weight is 163 g/mol. The average Bonchev–Trinajstić information content (AvgIpc) is 1.92. The molecule has 0 amide bonds. The van der Waals surface area contributed by atoms with Crippen LogP contribution >= 0.6 is 0 Å². The Morgan fingerprint density at radius 1 is 1.33 bits per heavy atom. The van der Waals surface area contributed by atoms with E-state index in [4.69, 9.17) is 0 Å². The fraction of sp³-hybridized carbons (Fsp3) is 0.455. The van der Waals surface area contributed by atoms with Gasteiger partial charge in [0.2, 0.25) is 0 Å². The molecule has 1 nitrogen and oxygen atoms in total. The van der Waals surface area contributed by atoms with Crippen molar-refractivity contribution in [3.05, 3.63) is 36.2 Å². The van der Waals surface area contributed by atoms with Crippen molar-refractivity contribution >= 4 is 0 Å². The van der Waals surface area contributed by atoms with E-state index in [1.807, 2.05) is 0 Å². The van der Waals surface area contributed by atoms with Crippen LogP contribution < -0.4 is 0 Å². The maximum atomic E-state index is 4.05. The molecule has 0 bridgehead atoms. The van der Waals surface area contributed by atoms with E-state index in [0.29, 0.717) is 0 Å². The summed E-state index contributed by atoms with van der Waals surface area (Å²) in [7, 11) is 0. The normalized spacial score (nSPS) is 18.2. The summed E-state index contributed by atoms with van der Waals surface area (Å²) in [6.07, 6.45) is 6.23. The molecule has 0 aromatic rings. The van der Waals surface area contributed by atoms with Gasteiger partial charge in [0.1, 0.15) is 0 Å². The molecule has 0 saturated carbocycles. The van der Waals surface area contributed by atoms with Crippen LogP contribution in [0.25, 0.3) is 0 Å². The first kappa shape index (κ1) is 9.11. The van der Waals surface area contributed by atoms with Crippen LogP contribution in [-0.2, 0) is 0 Å². The van der Waals surface area contributed by atoms with Gasteiger partial charge < -0.3 is 4.90 Å². The lowest BCUT2D eigenvalue weighted by Crippen LogP contribution is -2.37. The Hall–Kier alpha value is -0.980. The number of nitrogens with zero attached hydrogens (tertiary/aromatic N) is 1. The highest BCUT2D eigenvalue weighted by molar-refractivity contribution is 5.35.